The lowest BCUT2D eigenvalue weighted by Gasteiger charge is -2.21. The van der Waals surface area contributed by atoms with E-state index in [1.165, 1.54) is 11.1 Å². The number of Topliss-reactive ketones (excluding diaryl/α,β-unsaturated/α-hetero) is 1. The Kier molecular flexibility index (Phi) is 6.61. The maximum atomic E-state index is 11.9. The molecule has 2 aromatic rings. The summed E-state index contributed by atoms with van der Waals surface area (Å²) < 4.78 is 0. The van der Waals surface area contributed by atoms with Crippen molar-refractivity contribution in [2.75, 3.05) is 5.75 Å². The number of hydrogen-bond acceptors (Lipinski definition) is 3. The number of carboxylic acid groups (broad SMARTS) is 1. The summed E-state index contributed by atoms with van der Waals surface area (Å²) in [6, 6.07) is 16.4. The van der Waals surface area contributed by atoms with Gasteiger partial charge < -0.3 is 5.11 Å². The van der Waals surface area contributed by atoms with Gasteiger partial charge in [-0.2, -0.15) is 11.8 Å². The van der Waals surface area contributed by atoms with Crippen molar-refractivity contribution in [3.63, 3.8) is 0 Å². The van der Waals surface area contributed by atoms with Gasteiger partial charge in [0, 0.05) is 16.6 Å². The molecule has 0 heterocycles. The lowest BCUT2D eigenvalue weighted by atomic mass is 9.97. The molecule has 1 fully saturated rings. The Morgan fingerprint density at radius 1 is 1.14 bits per heavy atom. The smallest absolute Gasteiger partial charge is 0.303 e. The zero-order valence-corrected chi connectivity index (χ0v) is 17.4. The number of aliphatic carboxylic acids is 1. The van der Waals surface area contributed by atoms with Crippen LogP contribution in [0.25, 0.3) is 0 Å². The Labute approximate surface area is 171 Å². The van der Waals surface area contributed by atoms with Crippen LogP contribution in [0.2, 0.25) is 0 Å². The van der Waals surface area contributed by atoms with E-state index in [2.05, 4.69) is 31.2 Å². The Bertz CT molecular complexity index is 854. The first-order chi connectivity index (χ1) is 13.4. The van der Waals surface area contributed by atoms with Gasteiger partial charge in [0.05, 0.1) is 6.42 Å². The Morgan fingerprint density at radius 3 is 2.54 bits per heavy atom. The Balaban J connectivity index is 1.74. The SMILES string of the molecule is CC(=O)c1ccccc1CC[C@@H](SCC1(CC(=O)O)CC1)c1cccc(C)c1. The lowest BCUT2D eigenvalue weighted by molar-refractivity contribution is -0.138. The van der Waals surface area contributed by atoms with Crippen LogP contribution in [0.3, 0.4) is 0 Å². The second-order valence-electron chi connectivity index (χ2n) is 8.04. The van der Waals surface area contributed by atoms with Crippen LogP contribution in [-0.2, 0) is 11.2 Å². The summed E-state index contributed by atoms with van der Waals surface area (Å²) in [7, 11) is 0. The van der Waals surface area contributed by atoms with Crippen LogP contribution in [0.5, 0.6) is 0 Å². The zero-order chi connectivity index (χ0) is 20.1. The van der Waals surface area contributed by atoms with Crippen LogP contribution in [0.4, 0.5) is 0 Å². The first kappa shape index (κ1) is 20.7. The number of carbonyl (C=O) groups is 2. The monoisotopic (exact) mass is 396 g/mol. The number of thioether (sulfide) groups is 1. The summed E-state index contributed by atoms with van der Waals surface area (Å²) in [4.78, 5) is 23.1. The van der Waals surface area contributed by atoms with Crippen molar-refractivity contribution >= 4 is 23.5 Å². The van der Waals surface area contributed by atoms with E-state index in [1.807, 2.05) is 36.0 Å². The fourth-order valence-corrected chi connectivity index (χ4v) is 5.30. The second kappa shape index (κ2) is 8.95. The van der Waals surface area contributed by atoms with E-state index in [-0.39, 0.29) is 17.6 Å². The summed E-state index contributed by atoms with van der Waals surface area (Å²) >= 11 is 1.88. The number of rotatable bonds is 10. The number of aryl methyl sites for hydroxylation is 2. The van der Waals surface area contributed by atoms with Crippen molar-refractivity contribution in [3.05, 3.63) is 70.8 Å². The molecule has 2 aromatic carbocycles. The second-order valence-corrected chi connectivity index (χ2v) is 9.23. The van der Waals surface area contributed by atoms with Gasteiger partial charge in [-0.1, -0.05) is 54.1 Å². The summed E-state index contributed by atoms with van der Waals surface area (Å²) in [5, 5.41) is 9.50. The quantitative estimate of drug-likeness (QED) is 0.511. The average molecular weight is 397 g/mol. The molecule has 0 spiro atoms. The molecule has 4 heteroatoms. The third kappa shape index (κ3) is 5.48. The minimum atomic E-state index is -0.694. The van der Waals surface area contributed by atoms with Crippen LogP contribution in [0.15, 0.2) is 48.5 Å². The number of carbonyl (C=O) groups excluding carboxylic acids is 1. The molecule has 0 aromatic heterocycles. The summed E-state index contributed by atoms with van der Waals surface area (Å²) in [5.74, 6) is 0.293. The van der Waals surface area contributed by atoms with Gasteiger partial charge in [-0.05, 0) is 56.1 Å². The maximum Gasteiger partial charge on any atom is 0.303 e. The van der Waals surface area contributed by atoms with Crippen LogP contribution < -0.4 is 0 Å². The van der Waals surface area contributed by atoms with E-state index < -0.39 is 5.97 Å². The highest BCUT2D eigenvalue weighted by molar-refractivity contribution is 7.99. The van der Waals surface area contributed by atoms with Gasteiger partial charge in [0.1, 0.15) is 0 Å². The van der Waals surface area contributed by atoms with Gasteiger partial charge >= 0.3 is 5.97 Å². The molecule has 0 bridgehead atoms. The van der Waals surface area contributed by atoms with E-state index in [9.17, 15) is 14.7 Å². The molecule has 28 heavy (non-hydrogen) atoms. The third-order valence-electron chi connectivity index (χ3n) is 5.56. The van der Waals surface area contributed by atoms with Crippen molar-refractivity contribution in [3.8, 4) is 0 Å². The molecule has 1 aliphatic carbocycles. The minimum absolute atomic E-state index is 0.0180. The van der Waals surface area contributed by atoms with E-state index in [1.54, 1.807) is 6.92 Å². The van der Waals surface area contributed by atoms with Crippen LogP contribution in [0, 0.1) is 12.3 Å². The van der Waals surface area contributed by atoms with Crippen molar-refractivity contribution in [1.29, 1.82) is 0 Å². The van der Waals surface area contributed by atoms with Crippen LogP contribution in [-0.4, -0.2) is 22.6 Å². The fraction of sp³-hybridized carbons (Fsp3) is 0.417. The molecule has 0 radical (unpaired) electrons. The van der Waals surface area contributed by atoms with Gasteiger partial charge in [0.2, 0.25) is 0 Å². The predicted molar refractivity (Wildman–Crippen MR) is 115 cm³/mol. The largest absolute Gasteiger partial charge is 0.481 e. The minimum Gasteiger partial charge on any atom is -0.481 e. The van der Waals surface area contributed by atoms with Crippen molar-refractivity contribution in [1.82, 2.24) is 0 Å². The summed E-state index contributed by atoms with van der Waals surface area (Å²) in [5.41, 5.74) is 4.41. The molecule has 0 aliphatic heterocycles. The lowest BCUT2D eigenvalue weighted by Crippen LogP contribution is -2.12. The molecule has 1 atom stereocenters. The molecule has 0 saturated heterocycles. The number of ketones is 1. The predicted octanol–water partition coefficient (Wildman–Crippen LogP) is 5.86. The average Bonchev–Trinajstić information content (AvgIpc) is 3.40. The highest BCUT2D eigenvalue weighted by Crippen LogP contribution is 2.53. The molecular weight excluding hydrogens is 368 g/mol. The molecule has 1 aliphatic rings. The third-order valence-corrected chi connectivity index (χ3v) is 7.25. The van der Waals surface area contributed by atoms with Gasteiger partial charge in [-0.15, -0.1) is 0 Å². The van der Waals surface area contributed by atoms with E-state index in [0.717, 1.165) is 42.6 Å². The van der Waals surface area contributed by atoms with E-state index in [4.69, 9.17) is 0 Å². The topological polar surface area (TPSA) is 54.4 Å². The molecular formula is C24H28O3S. The fourth-order valence-electron chi connectivity index (χ4n) is 3.73. The number of benzene rings is 2. The molecule has 3 nitrogen and oxygen atoms in total. The molecule has 148 valence electrons. The molecule has 1 N–H and O–H groups in total. The van der Waals surface area contributed by atoms with Gasteiger partial charge in [0.15, 0.2) is 5.78 Å². The van der Waals surface area contributed by atoms with Gasteiger partial charge in [-0.3, -0.25) is 9.59 Å². The van der Waals surface area contributed by atoms with Gasteiger partial charge in [0.25, 0.3) is 0 Å². The highest BCUT2D eigenvalue weighted by atomic mass is 32.2. The number of carboxylic acids is 1. The highest BCUT2D eigenvalue weighted by Gasteiger charge is 2.44. The van der Waals surface area contributed by atoms with Crippen LogP contribution >= 0.6 is 11.8 Å². The molecule has 0 amide bonds. The van der Waals surface area contributed by atoms with Crippen LogP contribution in [0.1, 0.15) is 64.9 Å². The van der Waals surface area contributed by atoms with Gasteiger partial charge in [-0.25, -0.2) is 0 Å². The maximum absolute atomic E-state index is 11.9. The van der Waals surface area contributed by atoms with E-state index >= 15 is 0 Å². The normalized spacial score (nSPS) is 15.8. The molecule has 1 saturated carbocycles. The standard InChI is InChI=1S/C24H28O3S/c1-17-6-5-8-20(14-17)22(28-16-24(12-13-24)15-23(26)27)11-10-19-7-3-4-9-21(19)18(2)25/h3-9,14,22H,10-13,15-16H2,1-2H3,(H,26,27)/t22-/m1/s1. The number of hydrogen-bond donors (Lipinski definition) is 1. The Hall–Kier alpha value is -2.07. The summed E-state index contributed by atoms with van der Waals surface area (Å²) in [6.45, 7) is 3.72. The van der Waals surface area contributed by atoms with Crippen molar-refractivity contribution < 1.29 is 14.7 Å². The zero-order valence-electron chi connectivity index (χ0n) is 16.6. The van der Waals surface area contributed by atoms with E-state index in [0.29, 0.717) is 5.25 Å². The molecule has 3 rings (SSSR count). The van der Waals surface area contributed by atoms with Crippen molar-refractivity contribution in [2.24, 2.45) is 5.41 Å². The Morgan fingerprint density at radius 2 is 1.89 bits per heavy atom. The first-order valence-corrected chi connectivity index (χ1v) is 10.9. The first-order valence-electron chi connectivity index (χ1n) is 9.87. The molecule has 0 unspecified atom stereocenters. The summed E-state index contributed by atoms with van der Waals surface area (Å²) in [6.07, 6.45) is 4.07. The van der Waals surface area contributed by atoms with Crippen molar-refractivity contribution in [2.45, 2.75) is 51.2 Å².